The van der Waals surface area contributed by atoms with Crippen molar-refractivity contribution in [2.24, 2.45) is 16.7 Å². The highest BCUT2D eigenvalue weighted by atomic mass is 16.6. The average Bonchev–Trinajstić information content (AvgIpc) is 3.66. The molecule has 0 aromatic heterocycles. The number of cyclic esters (lactones) is 2. The molecule has 0 aromatic rings. The summed E-state index contributed by atoms with van der Waals surface area (Å²) in [6.07, 6.45) is 4.33. The minimum atomic E-state index is -1.47. The molecule has 206 valence electrons. The number of carboxylic acids is 1. The Balaban J connectivity index is 1.54. The molecule has 1 saturated carbocycles. The van der Waals surface area contributed by atoms with Crippen molar-refractivity contribution in [2.45, 2.75) is 69.5 Å². The van der Waals surface area contributed by atoms with Crippen molar-refractivity contribution in [2.75, 3.05) is 19.8 Å². The molecule has 2 spiro atoms. The molecule has 2 N–H and O–H groups in total. The third-order valence-corrected chi connectivity index (χ3v) is 9.19. The highest BCUT2D eigenvalue weighted by molar-refractivity contribution is 5.87. The molecule has 5 rings (SSSR count). The summed E-state index contributed by atoms with van der Waals surface area (Å²) in [7, 11) is 0. The first-order valence-corrected chi connectivity index (χ1v) is 12.8. The number of aliphatic carboxylic acids is 1. The normalized spacial score (nSPS) is 44.9. The molecule has 38 heavy (non-hydrogen) atoms. The van der Waals surface area contributed by atoms with Crippen LogP contribution in [-0.4, -0.2) is 83.9 Å². The first kappa shape index (κ1) is 26.6. The lowest BCUT2D eigenvalue weighted by molar-refractivity contribution is -0.234. The summed E-state index contributed by atoms with van der Waals surface area (Å²) < 4.78 is 29.2. The van der Waals surface area contributed by atoms with Crippen LogP contribution in [0.4, 0.5) is 0 Å². The van der Waals surface area contributed by atoms with Gasteiger partial charge in [-0.15, -0.1) is 0 Å². The zero-order chi connectivity index (χ0) is 27.3. The lowest BCUT2D eigenvalue weighted by Crippen LogP contribution is -2.67. The van der Waals surface area contributed by atoms with Gasteiger partial charge in [0.1, 0.15) is 18.3 Å². The molecule has 2 saturated heterocycles. The lowest BCUT2D eigenvalue weighted by atomic mass is 9.51. The highest BCUT2D eigenvalue weighted by Gasteiger charge is 2.83. The Hall–Kier alpha value is -3.02. The van der Waals surface area contributed by atoms with Crippen LogP contribution in [0.5, 0.6) is 0 Å². The van der Waals surface area contributed by atoms with E-state index in [2.05, 4.69) is 0 Å². The third kappa shape index (κ3) is 4.07. The first-order chi connectivity index (χ1) is 18.0. The second-order valence-electron chi connectivity index (χ2n) is 10.9. The van der Waals surface area contributed by atoms with E-state index in [-0.39, 0.29) is 38.0 Å². The summed E-state index contributed by atoms with van der Waals surface area (Å²) in [6.45, 7) is 3.72. The number of carboxylic acid groups (broad SMARTS) is 1. The van der Waals surface area contributed by atoms with E-state index in [0.717, 1.165) is 6.08 Å². The van der Waals surface area contributed by atoms with Crippen LogP contribution in [0.1, 0.15) is 39.5 Å². The topological polar surface area (TPSA) is 158 Å². The van der Waals surface area contributed by atoms with Crippen molar-refractivity contribution in [3.8, 4) is 0 Å². The van der Waals surface area contributed by atoms with Crippen molar-refractivity contribution in [1.29, 1.82) is 0 Å². The van der Waals surface area contributed by atoms with Crippen LogP contribution in [0, 0.1) is 16.7 Å². The third-order valence-electron chi connectivity index (χ3n) is 9.19. The molecule has 5 aliphatic rings. The number of carbonyl (C=O) groups is 4. The zero-order valence-electron chi connectivity index (χ0n) is 21.3. The molecule has 2 bridgehead atoms. The fourth-order valence-electron chi connectivity index (χ4n) is 6.69. The van der Waals surface area contributed by atoms with E-state index in [1.54, 1.807) is 13.0 Å². The largest absolute Gasteiger partial charge is 0.478 e. The van der Waals surface area contributed by atoms with Gasteiger partial charge in [-0.1, -0.05) is 26.0 Å². The van der Waals surface area contributed by atoms with Gasteiger partial charge in [0.15, 0.2) is 6.10 Å². The minimum Gasteiger partial charge on any atom is -0.478 e. The second kappa shape index (κ2) is 9.62. The van der Waals surface area contributed by atoms with E-state index in [9.17, 15) is 29.4 Å². The molecule has 8 atom stereocenters. The number of aliphatic hydroxyl groups is 1. The predicted octanol–water partition coefficient (Wildman–Crippen LogP) is 1.24. The summed E-state index contributed by atoms with van der Waals surface area (Å²) in [6, 6.07) is 0. The van der Waals surface area contributed by atoms with Crippen LogP contribution in [0.25, 0.3) is 0 Å². The number of carbonyl (C=O) groups excluding carboxylic acids is 3. The number of rotatable bonds is 1. The molecule has 3 heterocycles. The zero-order valence-corrected chi connectivity index (χ0v) is 21.3. The fraction of sp³-hybridized carbons (Fsp3) is 0.630. The Kier molecular flexibility index (Phi) is 6.73. The Labute approximate surface area is 219 Å². The number of esters is 3. The number of aliphatic hydroxyl groups excluding tert-OH is 1. The molecule has 2 aliphatic carbocycles. The minimum absolute atomic E-state index is 0.0238. The van der Waals surface area contributed by atoms with E-state index in [1.165, 1.54) is 18.2 Å². The molecule has 0 radical (unpaired) electrons. The Morgan fingerprint density at radius 3 is 2.45 bits per heavy atom. The van der Waals surface area contributed by atoms with E-state index in [1.807, 2.05) is 6.92 Å². The standard InChI is InChI=1S/C27H32O11/c1-15-8-10-34-20(28)5-3-4-6-21(29)38-17-12-19-27(14-36-27)25(17,2)26(13-35-24(33)22(15)30)9-7-16(23(31)32)11-18(26)37-19/h3-6,11,15,17-19,22,30H,7-10,12-14H2,1-2H3,(H,31,32)/b5-3-,6-4-/t15-,17-,18-,19-,22+,25-,26-,27+/m1/s1. The van der Waals surface area contributed by atoms with Crippen molar-refractivity contribution < 1.29 is 53.1 Å². The number of hydrogen-bond acceptors (Lipinski definition) is 10. The summed E-state index contributed by atoms with van der Waals surface area (Å²) in [5, 5.41) is 20.3. The summed E-state index contributed by atoms with van der Waals surface area (Å²) >= 11 is 0. The number of allylic oxidation sites excluding steroid dienone is 2. The fourth-order valence-corrected chi connectivity index (χ4v) is 6.69. The van der Waals surface area contributed by atoms with Crippen LogP contribution in [-0.2, 0) is 42.9 Å². The quantitative estimate of drug-likeness (QED) is 0.284. The van der Waals surface area contributed by atoms with Crippen LogP contribution < -0.4 is 0 Å². The van der Waals surface area contributed by atoms with Crippen molar-refractivity contribution in [3.63, 3.8) is 0 Å². The van der Waals surface area contributed by atoms with Gasteiger partial charge in [0.2, 0.25) is 0 Å². The van der Waals surface area contributed by atoms with Gasteiger partial charge in [-0.2, -0.15) is 0 Å². The van der Waals surface area contributed by atoms with E-state index in [0.29, 0.717) is 13.0 Å². The molecule has 0 aromatic carbocycles. The molecular weight excluding hydrogens is 500 g/mol. The maximum Gasteiger partial charge on any atom is 0.335 e. The molecule has 3 aliphatic heterocycles. The lowest BCUT2D eigenvalue weighted by Gasteiger charge is -2.58. The van der Waals surface area contributed by atoms with Crippen molar-refractivity contribution >= 4 is 23.9 Å². The van der Waals surface area contributed by atoms with Crippen molar-refractivity contribution in [3.05, 3.63) is 36.0 Å². The van der Waals surface area contributed by atoms with Crippen LogP contribution in [0.15, 0.2) is 36.0 Å². The molecule has 0 amide bonds. The molecule has 3 fully saturated rings. The van der Waals surface area contributed by atoms with Crippen LogP contribution in [0.3, 0.4) is 0 Å². The van der Waals surface area contributed by atoms with Gasteiger partial charge < -0.3 is 33.9 Å². The summed E-state index contributed by atoms with van der Waals surface area (Å²) in [4.78, 5) is 49.4. The molecule has 11 nitrogen and oxygen atoms in total. The van der Waals surface area contributed by atoms with Crippen molar-refractivity contribution in [1.82, 2.24) is 0 Å². The van der Waals surface area contributed by atoms with E-state index in [4.69, 9.17) is 23.7 Å². The molecular formula is C27H32O11. The van der Waals surface area contributed by atoms with E-state index >= 15 is 0 Å². The Morgan fingerprint density at radius 1 is 1.05 bits per heavy atom. The molecule has 11 heteroatoms. The summed E-state index contributed by atoms with van der Waals surface area (Å²) in [5.74, 6) is -3.72. The van der Waals surface area contributed by atoms with E-state index < -0.39 is 70.6 Å². The van der Waals surface area contributed by atoms with Gasteiger partial charge in [-0.25, -0.2) is 19.2 Å². The highest BCUT2D eigenvalue weighted by Crippen LogP contribution is 2.72. The average molecular weight is 533 g/mol. The summed E-state index contributed by atoms with van der Waals surface area (Å²) in [5.41, 5.74) is -2.45. The monoisotopic (exact) mass is 532 g/mol. The Morgan fingerprint density at radius 2 is 1.76 bits per heavy atom. The first-order valence-electron chi connectivity index (χ1n) is 12.8. The number of ether oxygens (including phenoxy) is 5. The molecule has 0 unspecified atom stereocenters. The van der Waals surface area contributed by atoms with Gasteiger partial charge >= 0.3 is 23.9 Å². The van der Waals surface area contributed by atoms with Gasteiger partial charge in [0.05, 0.1) is 30.8 Å². The van der Waals surface area contributed by atoms with Gasteiger partial charge in [0.25, 0.3) is 0 Å². The van der Waals surface area contributed by atoms with Crippen LogP contribution in [0.2, 0.25) is 0 Å². The van der Waals surface area contributed by atoms with Crippen LogP contribution >= 0.6 is 0 Å². The smallest absolute Gasteiger partial charge is 0.335 e. The predicted molar refractivity (Wildman–Crippen MR) is 127 cm³/mol. The maximum absolute atomic E-state index is 13.0. The second-order valence-corrected chi connectivity index (χ2v) is 10.9. The SMILES string of the molecule is C[C@@H]1CCOC(=O)/C=C\C=C/C(=O)O[C@@H]2C[C@H]3O[C@@H]4C=C(C(=O)O)CC[C@]4(COC(=O)[C@H]1O)[C@]2(C)[C@]31CO1. The van der Waals surface area contributed by atoms with Gasteiger partial charge in [-0.05, 0) is 31.3 Å². The maximum atomic E-state index is 13.0. The number of epoxide rings is 1. The Bertz CT molecular complexity index is 1120. The number of hydrogen-bond donors (Lipinski definition) is 2. The van der Waals surface area contributed by atoms with Gasteiger partial charge in [0, 0.05) is 29.6 Å². The van der Waals surface area contributed by atoms with Gasteiger partial charge in [-0.3, -0.25) is 0 Å².